The summed E-state index contributed by atoms with van der Waals surface area (Å²) in [6.07, 6.45) is 2.61. The number of fused-ring (bicyclic) bond motifs is 3. The molecule has 0 amide bonds. The molecule has 5 heteroatoms. The third-order valence-corrected chi connectivity index (χ3v) is 4.31. The summed E-state index contributed by atoms with van der Waals surface area (Å²) in [6.45, 7) is 7.30. The van der Waals surface area contributed by atoms with Crippen molar-refractivity contribution in [3.8, 4) is 22.6 Å². The van der Waals surface area contributed by atoms with E-state index in [1.807, 2.05) is 31.2 Å². The Morgan fingerprint density at radius 1 is 1.33 bits per heavy atom. The summed E-state index contributed by atoms with van der Waals surface area (Å²) in [5.41, 5.74) is 9.11. The van der Waals surface area contributed by atoms with Crippen molar-refractivity contribution in [3.05, 3.63) is 41.2 Å². The van der Waals surface area contributed by atoms with E-state index in [9.17, 15) is 0 Å². The van der Waals surface area contributed by atoms with Crippen molar-refractivity contribution in [1.82, 2.24) is 4.98 Å². The van der Waals surface area contributed by atoms with Crippen LogP contribution in [0.2, 0.25) is 5.15 Å². The van der Waals surface area contributed by atoms with Crippen LogP contribution in [0.4, 0.5) is 0 Å². The molecule has 4 nitrogen and oxygen atoms in total. The fraction of sp³-hybridized carbons (Fsp3) is 0.421. The van der Waals surface area contributed by atoms with Crippen LogP contribution in [0, 0.1) is 5.92 Å². The molecule has 24 heavy (non-hydrogen) atoms. The Hall–Kier alpha value is -1.78. The number of hydrogen-bond donors (Lipinski definition) is 1. The zero-order valence-corrected chi connectivity index (χ0v) is 15.1. The first-order chi connectivity index (χ1) is 11.4. The Morgan fingerprint density at radius 2 is 2.12 bits per heavy atom. The van der Waals surface area contributed by atoms with Crippen LogP contribution in [0.15, 0.2) is 30.5 Å². The minimum absolute atomic E-state index is 0.341. The molecule has 0 bridgehead atoms. The van der Waals surface area contributed by atoms with Gasteiger partial charge >= 0.3 is 0 Å². The van der Waals surface area contributed by atoms with E-state index in [0.717, 1.165) is 28.9 Å². The topological polar surface area (TPSA) is 57.4 Å². The quantitative estimate of drug-likeness (QED) is 0.813. The van der Waals surface area contributed by atoms with Crippen molar-refractivity contribution in [2.45, 2.75) is 39.3 Å². The second-order valence-corrected chi connectivity index (χ2v) is 7.48. The summed E-state index contributed by atoms with van der Waals surface area (Å²) in [5.74, 6) is 1.99. The van der Waals surface area contributed by atoms with Crippen LogP contribution in [-0.2, 0) is 6.61 Å². The van der Waals surface area contributed by atoms with Crippen LogP contribution in [0.5, 0.6) is 11.5 Å². The lowest BCUT2D eigenvalue weighted by molar-refractivity contribution is 0.206. The van der Waals surface area contributed by atoms with Crippen molar-refractivity contribution in [1.29, 1.82) is 0 Å². The first-order valence-electron chi connectivity index (χ1n) is 8.18. The van der Waals surface area contributed by atoms with E-state index in [1.54, 1.807) is 6.20 Å². The number of pyridine rings is 1. The van der Waals surface area contributed by atoms with E-state index < -0.39 is 0 Å². The molecule has 1 aliphatic heterocycles. The van der Waals surface area contributed by atoms with Crippen LogP contribution < -0.4 is 15.2 Å². The maximum atomic E-state index is 6.31. The summed E-state index contributed by atoms with van der Waals surface area (Å²) in [4.78, 5) is 4.06. The van der Waals surface area contributed by atoms with Crippen LogP contribution in [0.25, 0.3) is 11.1 Å². The van der Waals surface area contributed by atoms with Gasteiger partial charge in [-0.2, -0.15) is 0 Å². The molecule has 128 valence electrons. The molecule has 3 rings (SSSR count). The summed E-state index contributed by atoms with van der Waals surface area (Å²) in [6, 6.07) is 7.93. The van der Waals surface area contributed by atoms with Crippen molar-refractivity contribution in [2.24, 2.45) is 11.7 Å². The van der Waals surface area contributed by atoms with Crippen LogP contribution in [0.3, 0.4) is 0 Å². The summed E-state index contributed by atoms with van der Waals surface area (Å²) in [5, 5.41) is 0.395. The number of aromatic nitrogens is 1. The first-order valence-corrected chi connectivity index (χ1v) is 8.56. The lowest BCUT2D eigenvalue weighted by atomic mass is 9.93. The molecule has 0 spiro atoms. The van der Waals surface area contributed by atoms with E-state index >= 15 is 0 Å². The molecule has 0 radical (unpaired) electrons. The maximum absolute atomic E-state index is 6.31. The number of nitrogens with zero attached hydrogens (tertiary/aromatic N) is 1. The van der Waals surface area contributed by atoms with Gasteiger partial charge in [0.05, 0.1) is 0 Å². The van der Waals surface area contributed by atoms with E-state index in [1.165, 1.54) is 0 Å². The van der Waals surface area contributed by atoms with E-state index in [0.29, 0.717) is 30.0 Å². The van der Waals surface area contributed by atoms with Crippen molar-refractivity contribution >= 4 is 11.6 Å². The third kappa shape index (κ3) is 3.65. The van der Waals surface area contributed by atoms with Gasteiger partial charge in [-0.25, -0.2) is 4.98 Å². The molecule has 1 aromatic heterocycles. The Bertz CT molecular complexity index is 744. The lowest BCUT2D eigenvalue weighted by Gasteiger charge is -2.27. The highest BCUT2D eigenvalue weighted by atomic mass is 35.5. The van der Waals surface area contributed by atoms with Crippen LogP contribution in [0.1, 0.15) is 32.8 Å². The molecule has 0 fully saturated rings. The number of hydrogen-bond acceptors (Lipinski definition) is 4. The zero-order valence-electron chi connectivity index (χ0n) is 14.3. The molecule has 0 saturated carbocycles. The second-order valence-electron chi connectivity index (χ2n) is 7.13. The van der Waals surface area contributed by atoms with Gasteiger partial charge in [-0.1, -0.05) is 31.5 Å². The summed E-state index contributed by atoms with van der Waals surface area (Å²) in [7, 11) is 0. The molecule has 0 aliphatic carbocycles. The average Bonchev–Trinajstić information content (AvgIpc) is 2.51. The molecule has 0 saturated heterocycles. The van der Waals surface area contributed by atoms with Gasteiger partial charge in [0.25, 0.3) is 0 Å². The van der Waals surface area contributed by atoms with Crippen LogP contribution >= 0.6 is 11.6 Å². The predicted molar refractivity (Wildman–Crippen MR) is 96.6 cm³/mol. The van der Waals surface area contributed by atoms with Gasteiger partial charge in [-0.3, -0.25) is 0 Å². The largest absolute Gasteiger partial charge is 0.492 e. The summed E-state index contributed by atoms with van der Waals surface area (Å²) >= 11 is 6.11. The van der Waals surface area contributed by atoms with Gasteiger partial charge in [0, 0.05) is 22.9 Å². The van der Waals surface area contributed by atoms with Gasteiger partial charge < -0.3 is 15.2 Å². The Labute approximate surface area is 147 Å². The van der Waals surface area contributed by atoms with Gasteiger partial charge in [-0.15, -0.1) is 0 Å². The molecule has 2 heterocycles. The standard InChI is InChI=1S/C19H23ClN2O2/c1-12(2)9-19(3,21)11-24-14-4-5-15-13(8-14)10-23-17-16(15)6-7-22-18(17)20/h4-8,12H,9-11,21H2,1-3H3/t19-/m0/s1. The predicted octanol–water partition coefficient (Wildman–Crippen LogP) is 4.44. The number of rotatable bonds is 5. The first kappa shape index (κ1) is 17.1. The minimum atomic E-state index is -0.341. The third-order valence-electron chi connectivity index (χ3n) is 4.04. The van der Waals surface area contributed by atoms with Gasteiger partial charge in [0.15, 0.2) is 10.9 Å². The zero-order chi connectivity index (χ0) is 17.3. The molecule has 2 aromatic rings. The van der Waals surface area contributed by atoms with Gasteiger partial charge in [0.1, 0.15) is 19.0 Å². The molecular formula is C19H23ClN2O2. The normalized spacial score (nSPS) is 15.2. The van der Waals surface area contributed by atoms with Crippen molar-refractivity contribution in [3.63, 3.8) is 0 Å². The molecule has 1 atom stereocenters. The minimum Gasteiger partial charge on any atom is -0.492 e. The maximum Gasteiger partial charge on any atom is 0.171 e. The monoisotopic (exact) mass is 346 g/mol. The molecule has 2 N–H and O–H groups in total. The lowest BCUT2D eigenvalue weighted by Crippen LogP contribution is -2.43. The molecule has 1 aromatic carbocycles. The highest BCUT2D eigenvalue weighted by Gasteiger charge is 2.23. The van der Waals surface area contributed by atoms with Crippen molar-refractivity contribution < 1.29 is 9.47 Å². The van der Waals surface area contributed by atoms with Crippen LogP contribution in [-0.4, -0.2) is 17.1 Å². The van der Waals surface area contributed by atoms with Gasteiger partial charge in [0.2, 0.25) is 0 Å². The smallest absolute Gasteiger partial charge is 0.171 e. The van der Waals surface area contributed by atoms with Crippen molar-refractivity contribution in [2.75, 3.05) is 6.61 Å². The summed E-state index contributed by atoms with van der Waals surface area (Å²) < 4.78 is 11.7. The molecule has 0 unspecified atom stereocenters. The number of benzene rings is 1. The Morgan fingerprint density at radius 3 is 2.88 bits per heavy atom. The number of ether oxygens (including phenoxy) is 2. The Balaban J connectivity index is 1.79. The van der Waals surface area contributed by atoms with E-state index in [4.69, 9.17) is 26.8 Å². The van der Waals surface area contributed by atoms with E-state index in [2.05, 4.69) is 18.8 Å². The van der Waals surface area contributed by atoms with E-state index in [-0.39, 0.29) is 5.54 Å². The second kappa shape index (κ2) is 6.61. The highest BCUT2D eigenvalue weighted by molar-refractivity contribution is 6.31. The van der Waals surface area contributed by atoms with Gasteiger partial charge in [-0.05, 0) is 43.0 Å². The number of halogens is 1. The highest BCUT2D eigenvalue weighted by Crippen LogP contribution is 2.41. The Kier molecular flexibility index (Phi) is 4.70. The molecule has 1 aliphatic rings. The SMILES string of the molecule is CC(C)C[C@](C)(N)COc1ccc2c(c1)COc1c-2ccnc1Cl. The number of nitrogens with two attached hydrogens (primary N) is 1. The fourth-order valence-electron chi connectivity index (χ4n) is 3.20. The fourth-order valence-corrected chi connectivity index (χ4v) is 3.42. The average molecular weight is 347 g/mol. The molecular weight excluding hydrogens is 324 g/mol.